The number of carbonyl (C=O) groups excluding carboxylic acids is 1. The SMILES string of the molecule is Cc1cccc(N2CCN(C(=O)CCc3cccs3)CC2)c1. The smallest absolute Gasteiger partial charge is 0.223 e. The summed E-state index contributed by atoms with van der Waals surface area (Å²) in [5, 5.41) is 2.07. The van der Waals surface area contributed by atoms with Gasteiger partial charge in [-0.05, 0) is 42.5 Å². The third kappa shape index (κ3) is 3.69. The van der Waals surface area contributed by atoms with E-state index in [-0.39, 0.29) is 5.91 Å². The van der Waals surface area contributed by atoms with Crippen LogP contribution in [-0.4, -0.2) is 37.0 Å². The third-order valence-corrected chi connectivity index (χ3v) is 5.10. The third-order valence-electron chi connectivity index (χ3n) is 4.16. The van der Waals surface area contributed by atoms with Crippen molar-refractivity contribution < 1.29 is 4.79 Å². The van der Waals surface area contributed by atoms with Crippen molar-refractivity contribution in [1.29, 1.82) is 0 Å². The summed E-state index contributed by atoms with van der Waals surface area (Å²) < 4.78 is 0. The van der Waals surface area contributed by atoms with Gasteiger partial charge < -0.3 is 9.80 Å². The molecule has 1 aromatic carbocycles. The van der Waals surface area contributed by atoms with Gasteiger partial charge >= 0.3 is 0 Å². The number of carbonyl (C=O) groups is 1. The minimum atomic E-state index is 0.289. The molecule has 1 saturated heterocycles. The lowest BCUT2D eigenvalue weighted by Crippen LogP contribution is -2.48. The first kappa shape index (κ1) is 15.1. The molecule has 3 rings (SSSR count). The Balaban J connectivity index is 1.49. The van der Waals surface area contributed by atoms with Crippen molar-refractivity contribution in [3.05, 3.63) is 52.2 Å². The largest absolute Gasteiger partial charge is 0.368 e. The Bertz CT molecular complexity index is 616. The van der Waals surface area contributed by atoms with Crippen LogP contribution in [0.2, 0.25) is 0 Å². The molecule has 2 aromatic rings. The van der Waals surface area contributed by atoms with Crippen LogP contribution in [0.15, 0.2) is 41.8 Å². The van der Waals surface area contributed by atoms with E-state index in [0.29, 0.717) is 6.42 Å². The van der Waals surface area contributed by atoms with Crippen molar-refractivity contribution in [2.75, 3.05) is 31.1 Å². The van der Waals surface area contributed by atoms with E-state index in [1.165, 1.54) is 16.1 Å². The molecule has 1 amide bonds. The van der Waals surface area contributed by atoms with Crippen molar-refractivity contribution in [2.24, 2.45) is 0 Å². The summed E-state index contributed by atoms with van der Waals surface area (Å²) in [6.07, 6.45) is 1.50. The highest BCUT2D eigenvalue weighted by Gasteiger charge is 2.21. The molecule has 0 radical (unpaired) electrons. The van der Waals surface area contributed by atoms with E-state index >= 15 is 0 Å². The Labute approximate surface area is 136 Å². The molecule has 0 bridgehead atoms. The number of piperazine rings is 1. The van der Waals surface area contributed by atoms with Crippen molar-refractivity contribution in [3.63, 3.8) is 0 Å². The van der Waals surface area contributed by atoms with Gasteiger partial charge in [-0.25, -0.2) is 0 Å². The van der Waals surface area contributed by atoms with Gasteiger partial charge in [-0.15, -0.1) is 11.3 Å². The van der Waals surface area contributed by atoms with Crippen molar-refractivity contribution in [2.45, 2.75) is 19.8 Å². The minimum absolute atomic E-state index is 0.289. The van der Waals surface area contributed by atoms with Gasteiger partial charge in [-0.2, -0.15) is 0 Å². The summed E-state index contributed by atoms with van der Waals surface area (Å²) in [5.74, 6) is 0.289. The normalized spacial score (nSPS) is 15.1. The van der Waals surface area contributed by atoms with Gasteiger partial charge in [0.2, 0.25) is 5.91 Å². The monoisotopic (exact) mass is 314 g/mol. The van der Waals surface area contributed by atoms with Gasteiger partial charge in [0.05, 0.1) is 0 Å². The van der Waals surface area contributed by atoms with Crippen LogP contribution in [0.3, 0.4) is 0 Å². The summed E-state index contributed by atoms with van der Waals surface area (Å²) in [6, 6.07) is 12.7. The second kappa shape index (κ2) is 6.97. The van der Waals surface area contributed by atoms with Gasteiger partial charge in [0.15, 0.2) is 0 Å². The maximum atomic E-state index is 12.3. The van der Waals surface area contributed by atoms with E-state index in [1.54, 1.807) is 11.3 Å². The van der Waals surface area contributed by atoms with E-state index in [0.717, 1.165) is 32.6 Å². The molecule has 1 aromatic heterocycles. The molecule has 1 aliphatic heterocycles. The summed E-state index contributed by atoms with van der Waals surface area (Å²) in [7, 11) is 0. The second-order valence-electron chi connectivity index (χ2n) is 5.79. The molecule has 22 heavy (non-hydrogen) atoms. The van der Waals surface area contributed by atoms with Crippen LogP contribution in [0.5, 0.6) is 0 Å². The molecule has 0 atom stereocenters. The Hall–Kier alpha value is -1.81. The molecule has 0 saturated carbocycles. The second-order valence-corrected chi connectivity index (χ2v) is 6.82. The van der Waals surface area contributed by atoms with Gasteiger partial charge in [0, 0.05) is 43.2 Å². The molecular weight excluding hydrogens is 292 g/mol. The zero-order chi connectivity index (χ0) is 15.4. The number of aryl methyl sites for hydroxylation is 2. The van der Waals surface area contributed by atoms with Gasteiger partial charge in [-0.3, -0.25) is 4.79 Å². The molecule has 116 valence electrons. The highest BCUT2D eigenvalue weighted by atomic mass is 32.1. The maximum absolute atomic E-state index is 12.3. The standard InChI is InChI=1S/C18H22N2OS/c1-15-4-2-5-16(14-15)19-9-11-20(12-10-19)18(21)8-7-17-6-3-13-22-17/h2-6,13-14H,7-12H2,1H3. The number of benzene rings is 1. The molecule has 2 heterocycles. The predicted octanol–water partition coefficient (Wildman–Crippen LogP) is 3.34. The fourth-order valence-electron chi connectivity index (χ4n) is 2.88. The predicted molar refractivity (Wildman–Crippen MR) is 92.6 cm³/mol. The maximum Gasteiger partial charge on any atom is 0.223 e. The van der Waals surface area contributed by atoms with E-state index < -0.39 is 0 Å². The van der Waals surface area contributed by atoms with Gasteiger partial charge in [0.1, 0.15) is 0 Å². The van der Waals surface area contributed by atoms with Gasteiger partial charge in [-0.1, -0.05) is 18.2 Å². The lowest BCUT2D eigenvalue weighted by atomic mass is 10.2. The Morgan fingerprint density at radius 2 is 1.95 bits per heavy atom. The number of rotatable bonds is 4. The average Bonchev–Trinajstić information content (AvgIpc) is 3.06. The molecule has 4 heteroatoms. The highest BCUT2D eigenvalue weighted by Crippen LogP contribution is 2.18. The van der Waals surface area contributed by atoms with E-state index in [2.05, 4.69) is 47.5 Å². The van der Waals surface area contributed by atoms with Crippen molar-refractivity contribution >= 4 is 22.9 Å². The Morgan fingerprint density at radius 3 is 2.64 bits per heavy atom. The van der Waals surface area contributed by atoms with Crippen LogP contribution in [0, 0.1) is 6.92 Å². The molecule has 0 N–H and O–H groups in total. The topological polar surface area (TPSA) is 23.6 Å². The van der Waals surface area contributed by atoms with E-state index in [9.17, 15) is 4.79 Å². The Morgan fingerprint density at radius 1 is 1.14 bits per heavy atom. The van der Waals surface area contributed by atoms with Crippen LogP contribution in [0.4, 0.5) is 5.69 Å². The van der Waals surface area contributed by atoms with E-state index in [1.807, 2.05) is 11.0 Å². The van der Waals surface area contributed by atoms with Crippen LogP contribution in [-0.2, 0) is 11.2 Å². The van der Waals surface area contributed by atoms with Gasteiger partial charge in [0.25, 0.3) is 0 Å². The molecular formula is C18H22N2OS. The minimum Gasteiger partial charge on any atom is -0.368 e. The van der Waals surface area contributed by atoms with Crippen LogP contribution in [0.25, 0.3) is 0 Å². The van der Waals surface area contributed by atoms with Crippen LogP contribution < -0.4 is 4.90 Å². The molecule has 0 spiro atoms. The first-order valence-corrected chi connectivity index (χ1v) is 8.72. The lowest BCUT2D eigenvalue weighted by molar-refractivity contribution is -0.131. The summed E-state index contributed by atoms with van der Waals surface area (Å²) in [4.78, 5) is 18.0. The number of hydrogen-bond donors (Lipinski definition) is 0. The summed E-state index contributed by atoms with van der Waals surface area (Å²) >= 11 is 1.73. The fourth-order valence-corrected chi connectivity index (χ4v) is 3.59. The number of hydrogen-bond acceptors (Lipinski definition) is 3. The van der Waals surface area contributed by atoms with Crippen molar-refractivity contribution in [1.82, 2.24) is 4.90 Å². The van der Waals surface area contributed by atoms with Crippen LogP contribution >= 0.6 is 11.3 Å². The number of anilines is 1. The first-order valence-electron chi connectivity index (χ1n) is 7.84. The van der Waals surface area contributed by atoms with E-state index in [4.69, 9.17) is 0 Å². The molecule has 0 aliphatic carbocycles. The lowest BCUT2D eigenvalue weighted by Gasteiger charge is -2.36. The quantitative estimate of drug-likeness (QED) is 0.864. The summed E-state index contributed by atoms with van der Waals surface area (Å²) in [5.41, 5.74) is 2.55. The number of thiophene rings is 1. The number of amides is 1. The number of nitrogens with zero attached hydrogens (tertiary/aromatic N) is 2. The zero-order valence-corrected chi connectivity index (χ0v) is 13.8. The zero-order valence-electron chi connectivity index (χ0n) is 13.0. The van der Waals surface area contributed by atoms with Crippen LogP contribution in [0.1, 0.15) is 16.9 Å². The molecule has 3 nitrogen and oxygen atoms in total. The molecule has 1 fully saturated rings. The average molecular weight is 314 g/mol. The Kier molecular flexibility index (Phi) is 4.78. The fraction of sp³-hybridized carbons (Fsp3) is 0.389. The molecule has 1 aliphatic rings. The summed E-state index contributed by atoms with van der Waals surface area (Å²) in [6.45, 7) is 5.63. The highest BCUT2D eigenvalue weighted by molar-refractivity contribution is 7.09. The molecule has 0 unspecified atom stereocenters. The first-order chi connectivity index (χ1) is 10.7. The van der Waals surface area contributed by atoms with Crippen molar-refractivity contribution in [3.8, 4) is 0 Å².